The third-order valence-corrected chi connectivity index (χ3v) is 5.94. The second-order valence-corrected chi connectivity index (χ2v) is 7.75. The summed E-state index contributed by atoms with van der Waals surface area (Å²) in [5, 5.41) is 14.0. The summed E-state index contributed by atoms with van der Waals surface area (Å²) < 4.78 is 1.66. The molecule has 0 bridgehead atoms. The van der Waals surface area contributed by atoms with Crippen LogP contribution in [-0.2, 0) is 4.79 Å². The first-order valence-electron chi connectivity index (χ1n) is 8.88. The summed E-state index contributed by atoms with van der Waals surface area (Å²) in [5.41, 5.74) is 6.45. The lowest BCUT2D eigenvalue weighted by Gasteiger charge is -2.25. The van der Waals surface area contributed by atoms with Crippen LogP contribution in [0.1, 0.15) is 26.9 Å². The van der Waals surface area contributed by atoms with Gasteiger partial charge in [-0.3, -0.25) is 20.0 Å². The van der Waals surface area contributed by atoms with Crippen LogP contribution in [0.15, 0.2) is 48.8 Å². The third-order valence-electron chi connectivity index (χ3n) is 4.75. The first kappa shape index (κ1) is 17.6. The van der Waals surface area contributed by atoms with E-state index in [2.05, 4.69) is 25.9 Å². The summed E-state index contributed by atoms with van der Waals surface area (Å²) in [4.78, 5) is 29.1. The zero-order valence-corrected chi connectivity index (χ0v) is 16.1. The highest BCUT2D eigenvalue weighted by Gasteiger charge is 2.36. The van der Waals surface area contributed by atoms with E-state index in [1.54, 1.807) is 16.6 Å². The molecule has 2 amide bonds. The van der Waals surface area contributed by atoms with Gasteiger partial charge in [0.1, 0.15) is 5.37 Å². The molecule has 10 heteroatoms. The smallest absolute Gasteiger partial charge is 0.270 e. The number of carbonyl (C=O) groups is 2. The number of fused-ring (bicyclic) bond motifs is 3. The molecule has 144 valence electrons. The van der Waals surface area contributed by atoms with E-state index >= 15 is 0 Å². The summed E-state index contributed by atoms with van der Waals surface area (Å²) in [6.07, 6.45) is 3.06. The van der Waals surface area contributed by atoms with Crippen LogP contribution in [0, 0.1) is 6.92 Å². The van der Waals surface area contributed by atoms with Crippen molar-refractivity contribution in [2.45, 2.75) is 12.3 Å². The summed E-state index contributed by atoms with van der Waals surface area (Å²) in [5.74, 6) is -0.307. The van der Waals surface area contributed by atoms with Crippen molar-refractivity contribution in [3.63, 3.8) is 0 Å². The van der Waals surface area contributed by atoms with Crippen molar-refractivity contribution >= 4 is 40.1 Å². The number of aryl methyl sites for hydroxylation is 1. The normalized spacial score (nSPS) is 16.7. The van der Waals surface area contributed by atoms with Crippen molar-refractivity contribution < 1.29 is 9.59 Å². The minimum Gasteiger partial charge on any atom is -0.272 e. The van der Waals surface area contributed by atoms with E-state index < -0.39 is 5.37 Å². The van der Waals surface area contributed by atoms with Crippen molar-refractivity contribution in [2.24, 2.45) is 0 Å². The van der Waals surface area contributed by atoms with Gasteiger partial charge in [-0.05, 0) is 47.7 Å². The minimum atomic E-state index is -0.438. The predicted molar refractivity (Wildman–Crippen MR) is 107 cm³/mol. The highest BCUT2D eigenvalue weighted by Crippen LogP contribution is 2.40. The molecule has 9 nitrogen and oxygen atoms in total. The predicted octanol–water partition coefficient (Wildman–Crippen LogP) is 1.90. The Labute approximate surface area is 169 Å². The van der Waals surface area contributed by atoms with Crippen molar-refractivity contribution in [2.75, 3.05) is 5.75 Å². The number of hydrogen-bond acceptors (Lipinski definition) is 7. The highest BCUT2D eigenvalue weighted by atomic mass is 32.2. The van der Waals surface area contributed by atoms with Gasteiger partial charge < -0.3 is 0 Å². The highest BCUT2D eigenvalue weighted by molar-refractivity contribution is 8.00. The lowest BCUT2D eigenvalue weighted by molar-refractivity contribution is -0.130. The molecule has 4 aromatic rings. The van der Waals surface area contributed by atoms with E-state index in [4.69, 9.17) is 0 Å². The van der Waals surface area contributed by atoms with Crippen molar-refractivity contribution in [1.82, 2.24) is 35.5 Å². The molecule has 1 atom stereocenters. The molecular formula is C19H15N7O2S. The van der Waals surface area contributed by atoms with Gasteiger partial charge >= 0.3 is 0 Å². The Kier molecular flexibility index (Phi) is 4.13. The SMILES string of the molecule is Cc1ccc2c(c1)cc(C1SCC(=O)N1NC(=O)c1ccncc1)c1nnnn12. The minimum absolute atomic E-state index is 0.183. The van der Waals surface area contributed by atoms with E-state index in [-0.39, 0.29) is 17.6 Å². The largest absolute Gasteiger partial charge is 0.272 e. The van der Waals surface area contributed by atoms with E-state index in [9.17, 15) is 9.59 Å². The lowest BCUT2D eigenvalue weighted by Crippen LogP contribution is -2.44. The number of pyridine rings is 2. The molecule has 0 radical (unpaired) electrons. The first-order valence-corrected chi connectivity index (χ1v) is 9.93. The monoisotopic (exact) mass is 405 g/mol. The first-order chi connectivity index (χ1) is 14.1. The number of nitrogens with one attached hydrogen (secondary N) is 1. The quantitative estimate of drug-likeness (QED) is 0.555. The standard InChI is InChI=1S/C19H15N7O2S/c1-11-2-3-15-13(8-11)9-14(17-21-23-24-25(15)17)19-26(16(27)10-29-19)22-18(28)12-4-6-20-7-5-12/h2-9,19H,10H2,1H3,(H,22,28). The van der Waals surface area contributed by atoms with E-state index in [1.807, 2.05) is 31.2 Å². The fourth-order valence-corrected chi connectivity index (χ4v) is 4.49. The number of hydrazine groups is 1. The van der Waals surface area contributed by atoms with E-state index in [1.165, 1.54) is 29.2 Å². The maximum absolute atomic E-state index is 12.6. The molecule has 1 aromatic carbocycles. The molecular weight excluding hydrogens is 390 g/mol. The van der Waals surface area contributed by atoms with Crippen LogP contribution >= 0.6 is 11.8 Å². The molecule has 1 saturated heterocycles. The molecule has 5 rings (SSSR count). The van der Waals surface area contributed by atoms with Gasteiger partial charge in [0.15, 0.2) is 5.65 Å². The number of benzene rings is 1. The molecule has 1 aliphatic heterocycles. The molecule has 3 aromatic heterocycles. The van der Waals surface area contributed by atoms with Crippen molar-refractivity contribution in [3.05, 3.63) is 65.5 Å². The van der Waals surface area contributed by atoms with Gasteiger partial charge in [-0.1, -0.05) is 11.6 Å². The Bertz CT molecular complexity index is 1260. The Hall–Kier alpha value is -3.53. The molecule has 0 saturated carbocycles. The summed E-state index contributed by atoms with van der Waals surface area (Å²) in [6, 6.07) is 11.2. The summed E-state index contributed by atoms with van der Waals surface area (Å²) >= 11 is 1.42. The number of rotatable bonds is 3. The summed E-state index contributed by atoms with van der Waals surface area (Å²) in [6.45, 7) is 2.01. The Morgan fingerprint density at radius 3 is 2.86 bits per heavy atom. The van der Waals surface area contributed by atoms with Gasteiger partial charge in [-0.15, -0.1) is 16.9 Å². The molecule has 0 aliphatic carbocycles. The number of tetrazole rings is 1. The van der Waals surface area contributed by atoms with Gasteiger partial charge in [0.2, 0.25) is 0 Å². The number of thioether (sulfide) groups is 1. The van der Waals surface area contributed by atoms with E-state index in [0.717, 1.165) is 22.0 Å². The number of amides is 2. The van der Waals surface area contributed by atoms with Gasteiger partial charge in [-0.2, -0.15) is 4.52 Å². The molecule has 29 heavy (non-hydrogen) atoms. The number of hydrogen-bond donors (Lipinski definition) is 1. The van der Waals surface area contributed by atoms with Crippen LogP contribution in [0.3, 0.4) is 0 Å². The van der Waals surface area contributed by atoms with Gasteiger partial charge in [-0.25, -0.2) is 5.01 Å². The molecule has 1 unspecified atom stereocenters. The lowest BCUT2D eigenvalue weighted by atomic mass is 10.1. The average Bonchev–Trinajstić information content (AvgIpc) is 3.36. The number of aromatic nitrogens is 5. The van der Waals surface area contributed by atoms with Crippen molar-refractivity contribution in [1.29, 1.82) is 0 Å². The molecule has 1 fully saturated rings. The summed E-state index contributed by atoms with van der Waals surface area (Å²) in [7, 11) is 0. The van der Waals surface area contributed by atoms with Gasteiger partial charge in [0, 0.05) is 28.9 Å². The van der Waals surface area contributed by atoms with Crippen LogP contribution in [0.5, 0.6) is 0 Å². The Balaban J connectivity index is 1.58. The zero-order chi connectivity index (χ0) is 20.0. The molecule has 1 aliphatic rings. The Morgan fingerprint density at radius 2 is 2.03 bits per heavy atom. The second-order valence-electron chi connectivity index (χ2n) is 6.68. The van der Waals surface area contributed by atoms with Gasteiger partial charge in [0.25, 0.3) is 11.8 Å². The van der Waals surface area contributed by atoms with Crippen LogP contribution in [0.25, 0.3) is 16.6 Å². The van der Waals surface area contributed by atoms with Crippen LogP contribution in [-0.4, -0.2) is 47.6 Å². The maximum atomic E-state index is 12.6. The topological polar surface area (TPSA) is 105 Å². The average molecular weight is 405 g/mol. The number of carbonyl (C=O) groups excluding carboxylic acids is 2. The molecule has 1 N–H and O–H groups in total. The molecule has 4 heterocycles. The van der Waals surface area contributed by atoms with Gasteiger partial charge in [0.05, 0.1) is 11.3 Å². The van der Waals surface area contributed by atoms with Crippen LogP contribution < -0.4 is 5.43 Å². The van der Waals surface area contributed by atoms with Crippen LogP contribution in [0.2, 0.25) is 0 Å². The third kappa shape index (κ3) is 2.97. The molecule has 0 spiro atoms. The number of nitrogens with zero attached hydrogens (tertiary/aromatic N) is 6. The van der Waals surface area contributed by atoms with E-state index in [0.29, 0.717) is 11.2 Å². The second kappa shape index (κ2) is 6.82. The fourth-order valence-electron chi connectivity index (χ4n) is 3.38. The van der Waals surface area contributed by atoms with Crippen LogP contribution in [0.4, 0.5) is 0 Å². The Morgan fingerprint density at radius 1 is 1.21 bits per heavy atom. The fraction of sp³-hybridized carbons (Fsp3) is 0.158. The van der Waals surface area contributed by atoms with Crippen molar-refractivity contribution in [3.8, 4) is 0 Å². The maximum Gasteiger partial charge on any atom is 0.270 e. The zero-order valence-electron chi connectivity index (χ0n) is 15.3.